The van der Waals surface area contributed by atoms with Gasteiger partial charge in [-0.2, -0.15) is 5.26 Å². The van der Waals surface area contributed by atoms with Crippen LogP contribution in [0.4, 0.5) is 0 Å². The van der Waals surface area contributed by atoms with Gasteiger partial charge in [0.1, 0.15) is 23.7 Å². The molecule has 0 aliphatic carbocycles. The molecule has 4 heteroatoms. The number of carbonyl (C=O) groups is 1. The number of furan rings is 1. The second-order valence-electron chi connectivity index (χ2n) is 4.15. The Kier molecular flexibility index (Phi) is 3.67. The van der Waals surface area contributed by atoms with Gasteiger partial charge in [0.25, 0.3) is 0 Å². The van der Waals surface area contributed by atoms with Crippen molar-refractivity contribution in [2.75, 3.05) is 7.11 Å². The Balaban J connectivity index is 2.29. The third-order valence-corrected chi connectivity index (χ3v) is 2.86. The maximum atomic E-state index is 12.2. The number of nitrogens with zero attached hydrogens (tertiary/aromatic N) is 1. The van der Waals surface area contributed by atoms with Crippen LogP contribution in [0.5, 0.6) is 5.75 Å². The molecule has 19 heavy (non-hydrogen) atoms. The highest BCUT2D eigenvalue weighted by molar-refractivity contribution is 6.02. The number of hydrogen-bond acceptors (Lipinski definition) is 4. The third kappa shape index (κ3) is 2.66. The van der Waals surface area contributed by atoms with Crippen LogP contribution in [0.3, 0.4) is 0 Å². The Morgan fingerprint density at radius 3 is 2.53 bits per heavy atom. The maximum Gasteiger partial charge on any atom is 0.187 e. The van der Waals surface area contributed by atoms with Crippen molar-refractivity contribution >= 4 is 5.78 Å². The van der Waals surface area contributed by atoms with E-state index in [0.29, 0.717) is 22.6 Å². The van der Waals surface area contributed by atoms with Gasteiger partial charge in [0.2, 0.25) is 0 Å². The Hall–Kier alpha value is -2.54. The number of ether oxygens (including phenoxy) is 1. The second-order valence-corrected chi connectivity index (χ2v) is 4.15. The van der Waals surface area contributed by atoms with Crippen LogP contribution in [0.15, 0.2) is 41.0 Å². The number of benzene rings is 1. The number of rotatable bonds is 4. The van der Waals surface area contributed by atoms with Crippen molar-refractivity contribution in [1.82, 2.24) is 0 Å². The fourth-order valence-electron chi connectivity index (χ4n) is 1.82. The van der Waals surface area contributed by atoms with Crippen LogP contribution in [0.25, 0.3) is 0 Å². The molecule has 1 unspecified atom stereocenters. The second kappa shape index (κ2) is 5.40. The van der Waals surface area contributed by atoms with Crippen molar-refractivity contribution in [1.29, 1.82) is 5.26 Å². The lowest BCUT2D eigenvalue weighted by Crippen LogP contribution is -2.10. The summed E-state index contributed by atoms with van der Waals surface area (Å²) in [6.07, 6.45) is 1.38. The smallest absolute Gasteiger partial charge is 0.187 e. The molecule has 2 rings (SSSR count). The predicted octanol–water partition coefficient (Wildman–Crippen LogP) is 3.09. The lowest BCUT2D eigenvalue weighted by atomic mass is 9.93. The lowest BCUT2D eigenvalue weighted by Gasteiger charge is -2.08. The minimum absolute atomic E-state index is 0.260. The molecule has 1 aromatic heterocycles. The first-order valence-corrected chi connectivity index (χ1v) is 5.78. The summed E-state index contributed by atoms with van der Waals surface area (Å²) in [7, 11) is 1.57. The number of aryl methyl sites for hydroxylation is 1. The van der Waals surface area contributed by atoms with E-state index in [-0.39, 0.29) is 5.78 Å². The zero-order valence-corrected chi connectivity index (χ0v) is 10.7. The minimum atomic E-state index is -0.831. The molecule has 0 aliphatic heterocycles. The molecule has 0 saturated carbocycles. The van der Waals surface area contributed by atoms with Gasteiger partial charge in [-0.3, -0.25) is 4.79 Å². The molecule has 2 aromatic rings. The monoisotopic (exact) mass is 255 g/mol. The molecule has 1 atom stereocenters. The minimum Gasteiger partial charge on any atom is -0.497 e. The van der Waals surface area contributed by atoms with E-state index >= 15 is 0 Å². The zero-order chi connectivity index (χ0) is 13.8. The summed E-state index contributed by atoms with van der Waals surface area (Å²) >= 11 is 0. The van der Waals surface area contributed by atoms with Gasteiger partial charge >= 0.3 is 0 Å². The average Bonchev–Trinajstić information content (AvgIpc) is 2.87. The maximum absolute atomic E-state index is 12.2. The Labute approximate surface area is 111 Å². The number of methoxy groups -OCH3 is 1. The number of nitriles is 1. The molecule has 0 fully saturated rings. The molecule has 1 heterocycles. The van der Waals surface area contributed by atoms with Crippen LogP contribution in [0.2, 0.25) is 0 Å². The van der Waals surface area contributed by atoms with Crippen LogP contribution in [0, 0.1) is 18.3 Å². The number of ketones is 1. The van der Waals surface area contributed by atoms with Crippen LogP contribution >= 0.6 is 0 Å². The summed E-state index contributed by atoms with van der Waals surface area (Å²) in [6.45, 7) is 1.76. The Bertz CT molecular complexity index is 620. The molecule has 1 aromatic carbocycles. The van der Waals surface area contributed by atoms with Crippen molar-refractivity contribution in [2.24, 2.45) is 0 Å². The molecule has 0 amide bonds. The van der Waals surface area contributed by atoms with Gasteiger partial charge in [0, 0.05) is 0 Å². The van der Waals surface area contributed by atoms with E-state index < -0.39 is 5.92 Å². The molecule has 0 saturated heterocycles. The molecule has 0 bridgehead atoms. The molecule has 0 aliphatic rings. The summed E-state index contributed by atoms with van der Waals surface area (Å²) < 4.78 is 10.2. The molecule has 0 N–H and O–H groups in total. The molecule has 96 valence electrons. The number of Topliss-reactive ketones (excluding diaryl/α,β-unsaturated/α-hetero) is 1. The van der Waals surface area contributed by atoms with E-state index in [1.807, 2.05) is 6.07 Å². The Morgan fingerprint density at radius 1 is 1.37 bits per heavy atom. The van der Waals surface area contributed by atoms with Gasteiger partial charge in [-0.05, 0) is 30.7 Å². The van der Waals surface area contributed by atoms with Crippen molar-refractivity contribution in [3.63, 3.8) is 0 Å². The molecule has 4 nitrogen and oxygen atoms in total. The summed E-state index contributed by atoms with van der Waals surface area (Å²) in [5.74, 6) is 0.245. The van der Waals surface area contributed by atoms with Crippen molar-refractivity contribution in [2.45, 2.75) is 12.8 Å². The van der Waals surface area contributed by atoms with Gasteiger partial charge in [-0.1, -0.05) is 12.1 Å². The van der Waals surface area contributed by atoms with Gasteiger partial charge in [0.05, 0.1) is 18.7 Å². The molecular formula is C15H13NO3. The van der Waals surface area contributed by atoms with Gasteiger partial charge in [-0.15, -0.1) is 0 Å². The van der Waals surface area contributed by atoms with Gasteiger partial charge in [0.15, 0.2) is 5.78 Å². The highest BCUT2D eigenvalue weighted by atomic mass is 16.5. The molecule has 0 radical (unpaired) electrons. The number of hydrogen-bond donors (Lipinski definition) is 0. The largest absolute Gasteiger partial charge is 0.497 e. The summed E-state index contributed by atoms with van der Waals surface area (Å²) in [6, 6.07) is 10.6. The van der Waals surface area contributed by atoms with E-state index in [0.717, 1.165) is 0 Å². The van der Waals surface area contributed by atoms with E-state index in [4.69, 9.17) is 9.15 Å². The third-order valence-electron chi connectivity index (χ3n) is 2.86. The highest BCUT2D eigenvalue weighted by Gasteiger charge is 2.23. The van der Waals surface area contributed by atoms with Gasteiger partial charge in [-0.25, -0.2) is 0 Å². The van der Waals surface area contributed by atoms with Crippen LogP contribution in [-0.4, -0.2) is 12.9 Å². The SMILES string of the molecule is COc1ccc(C(C#N)C(=O)c2coc(C)c2)cc1. The zero-order valence-electron chi connectivity index (χ0n) is 10.7. The first kappa shape index (κ1) is 12.9. The van der Waals surface area contributed by atoms with E-state index in [2.05, 4.69) is 0 Å². The average molecular weight is 255 g/mol. The quantitative estimate of drug-likeness (QED) is 0.787. The fraction of sp³-hybridized carbons (Fsp3) is 0.200. The van der Waals surface area contributed by atoms with Crippen LogP contribution in [-0.2, 0) is 0 Å². The lowest BCUT2D eigenvalue weighted by molar-refractivity contribution is 0.0978. The van der Waals surface area contributed by atoms with E-state index in [1.54, 1.807) is 44.4 Å². The van der Waals surface area contributed by atoms with Crippen LogP contribution < -0.4 is 4.74 Å². The normalized spacial score (nSPS) is 11.6. The van der Waals surface area contributed by atoms with Crippen LogP contribution in [0.1, 0.15) is 27.6 Å². The van der Waals surface area contributed by atoms with Gasteiger partial charge < -0.3 is 9.15 Å². The summed E-state index contributed by atoms with van der Waals surface area (Å²) in [5.41, 5.74) is 1.06. The first-order valence-electron chi connectivity index (χ1n) is 5.78. The Morgan fingerprint density at radius 2 is 2.05 bits per heavy atom. The standard InChI is InChI=1S/C15H13NO3/c1-10-7-12(9-19-10)15(17)14(8-16)11-3-5-13(18-2)6-4-11/h3-7,9,14H,1-2H3. The van der Waals surface area contributed by atoms with E-state index in [1.165, 1.54) is 6.26 Å². The van der Waals surface area contributed by atoms with Crippen molar-refractivity contribution in [3.8, 4) is 11.8 Å². The fourth-order valence-corrected chi connectivity index (χ4v) is 1.82. The molecular weight excluding hydrogens is 242 g/mol. The number of carbonyl (C=O) groups excluding carboxylic acids is 1. The van der Waals surface area contributed by atoms with Crippen molar-refractivity contribution < 1.29 is 13.9 Å². The predicted molar refractivity (Wildman–Crippen MR) is 69.1 cm³/mol. The molecule has 0 spiro atoms. The van der Waals surface area contributed by atoms with Crippen molar-refractivity contribution in [3.05, 3.63) is 53.5 Å². The van der Waals surface area contributed by atoms with E-state index in [9.17, 15) is 10.1 Å². The first-order chi connectivity index (χ1) is 9.15. The highest BCUT2D eigenvalue weighted by Crippen LogP contribution is 2.23. The topological polar surface area (TPSA) is 63.2 Å². The summed E-state index contributed by atoms with van der Waals surface area (Å²) in [4.78, 5) is 12.2. The summed E-state index contributed by atoms with van der Waals surface area (Å²) in [5, 5.41) is 9.21.